The van der Waals surface area contributed by atoms with E-state index in [0.717, 1.165) is 27.6 Å². The quantitative estimate of drug-likeness (QED) is 0.247. The summed E-state index contributed by atoms with van der Waals surface area (Å²) in [6, 6.07) is 28.8. The minimum Gasteiger partial charge on any atom is -0.456 e. The molecule has 2 heteroatoms. The largest absolute Gasteiger partial charge is 0.456 e. The molecule has 0 bridgehead atoms. The summed E-state index contributed by atoms with van der Waals surface area (Å²) in [5.74, 6) is 0. The van der Waals surface area contributed by atoms with E-state index in [2.05, 4.69) is 113 Å². The van der Waals surface area contributed by atoms with Crippen LogP contribution in [0.2, 0.25) is 0 Å². The number of benzene rings is 4. The van der Waals surface area contributed by atoms with Gasteiger partial charge in [-0.3, -0.25) is 0 Å². The van der Waals surface area contributed by atoms with Crippen molar-refractivity contribution in [2.45, 2.75) is 52.4 Å². The van der Waals surface area contributed by atoms with Crippen molar-refractivity contribution in [2.75, 3.05) is 0 Å². The lowest BCUT2D eigenvalue weighted by Crippen LogP contribution is -2.10. The minimum atomic E-state index is 0.0961. The highest BCUT2D eigenvalue weighted by Crippen LogP contribution is 2.38. The van der Waals surface area contributed by atoms with E-state index in [0.29, 0.717) is 0 Å². The highest BCUT2D eigenvalue weighted by Gasteiger charge is 2.21. The van der Waals surface area contributed by atoms with Crippen molar-refractivity contribution in [1.82, 2.24) is 4.57 Å². The molecule has 2 nitrogen and oxygen atoms in total. The summed E-state index contributed by atoms with van der Waals surface area (Å²) in [6.45, 7) is 13.7. The molecule has 0 amide bonds. The molecule has 0 N–H and O–H groups in total. The molecule has 6 rings (SSSR count). The third kappa shape index (κ3) is 3.16. The Morgan fingerprint density at radius 2 is 1.09 bits per heavy atom. The average molecular weight is 446 g/mol. The second-order valence-electron chi connectivity index (χ2n) is 11.6. The first-order valence-electron chi connectivity index (χ1n) is 12.1. The molecule has 0 aliphatic heterocycles. The van der Waals surface area contributed by atoms with Gasteiger partial charge in [-0.25, -0.2) is 0 Å². The number of fused-ring (bicyclic) bond motifs is 6. The Balaban J connectivity index is 1.70. The van der Waals surface area contributed by atoms with Gasteiger partial charge in [0.05, 0.1) is 11.0 Å². The summed E-state index contributed by atoms with van der Waals surface area (Å²) < 4.78 is 8.50. The van der Waals surface area contributed by atoms with E-state index in [-0.39, 0.29) is 10.8 Å². The van der Waals surface area contributed by atoms with Crippen LogP contribution in [0, 0.1) is 0 Å². The first-order valence-corrected chi connectivity index (χ1v) is 12.1. The molecule has 0 saturated carbocycles. The van der Waals surface area contributed by atoms with Crippen LogP contribution in [-0.4, -0.2) is 4.57 Å². The first-order chi connectivity index (χ1) is 16.1. The zero-order valence-electron chi connectivity index (χ0n) is 20.9. The Morgan fingerprint density at radius 1 is 0.529 bits per heavy atom. The average Bonchev–Trinajstić information content (AvgIpc) is 3.32. The van der Waals surface area contributed by atoms with Gasteiger partial charge in [0.15, 0.2) is 0 Å². The minimum absolute atomic E-state index is 0.0961. The topological polar surface area (TPSA) is 18.1 Å². The van der Waals surface area contributed by atoms with Crippen molar-refractivity contribution < 1.29 is 4.42 Å². The van der Waals surface area contributed by atoms with E-state index in [1.165, 1.54) is 32.9 Å². The molecule has 2 aromatic heterocycles. The maximum Gasteiger partial charge on any atom is 0.135 e. The van der Waals surface area contributed by atoms with Crippen LogP contribution in [0.5, 0.6) is 0 Å². The van der Waals surface area contributed by atoms with Crippen molar-refractivity contribution >= 4 is 43.7 Å². The summed E-state index contributed by atoms with van der Waals surface area (Å²) in [6.07, 6.45) is 0. The number of hydrogen-bond donors (Lipinski definition) is 0. The molecule has 0 saturated heterocycles. The molecular formula is C32H31NO. The maximum atomic E-state index is 6.10. The Labute approximate surface area is 200 Å². The lowest BCUT2D eigenvalue weighted by molar-refractivity contribution is 0.590. The van der Waals surface area contributed by atoms with Crippen molar-refractivity contribution in [3.63, 3.8) is 0 Å². The van der Waals surface area contributed by atoms with Gasteiger partial charge in [-0.1, -0.05) is 71.9 Å². The van der Waals surface area contributed by atoms with Gasteiger partial charge in [-0.05, 0) is 70.5 Å². The van der Waals surface area contributed by atoms with Crippen LogP contribution in [0.3, 0.4) is 0 Å². The number of para-hydroxylation sites is 1. The monoisotopic (exact) mass is 445 g/mol. The van der Waals surface area contributed by atoms with Crippen molar-refractivity contribution in [3.05, 3.63) is 90.0 Å². The number of hydrogen-bond acceptors (Lipinski definition) is 1. The van der Waals surface area contributed by atoms with Crippen LogP contribution >= 0.6 is 0 Å². The number of furan rings is 1. The molecule has 170 valence electrons. The van der Waals surface area contributed by atoms with E-state index < -0.39 is 0 Å². The van der Waals surface area contributed by atoms with E-state index in [1.807, 2.05) is 12.1 Å². The van der Waals surface area contributed by atoms with Crippen LogP contribution < -0.4 is 0 Å². The fourth-order valence-corrected chi connectivity index (χ4v) is 5.09. The van der Waals surface area contributed by atoms with Crippen molar-refractivity contribution in [3.8, 4) is 5.69 Å². The predicted molar refractivity (Wildman–Crippen MR) is 145 cm³/mol. The fraction of sp³-hybridized carbons (Fsp3) is 0.250. The van der Waals surface area contributed by atoms with Crippen LogP contribution in [-0.2, 0) is 10.8 Å². The zero-order valence-corrected chi connectivity index (χ0v) is 20.9. The number of aromatic nitrogens is 1. The molecule has 0 aliphatic carbocycles. The van der Waals surface area contributed by atoms with Gasteiger partial charge in [-0.15, -0.1) is 0 Å². The molecule has 6 aromatic rings. The Bertz CT molecular complexity index is 1640. The lowest BCUT2D eigenvalue weighted by atomic mass is 9.85. The highest BCUT2D eigenvalue weighted by molar-refractivity contribution is 6.11. The lowest BCUT2D eigenvalue weighted by Gasteiger charge is -2.19. The fourth-order valence-electron chi connectivity index (χ4n) is 5.09. The third-order valence-electron chi connectivity index (χ3n) is 7.12. The summed E-state index contributed by atoms with van der Waals surface area (Å²) in [4.78, 5) is 0. The summed E-state index contributed by atoms with van der Waals surface area (Å²) in [5.41, 5.74) is 8.40. The smallest absolute Gasteiger partial charge is 0.135 e. The summed E-state index contributed by atoms with van der Waals surface area (Å²) >= 11 is 0. The third-order valence-corrected chi connectivity index (χ3v) is 7.12. The van der Waals surface area contributed by atoms with Crippen LogP contribution in [0.4, 0.5) is 0 Å². The Hall–Kier alpha value is -3.52. The van der Waals surface area contributed by atoms with Gasteiger partial charge < -0.3 is 8.98 Å². The molecular weight excluding hydrogens is 414 g/mol. The molecule has 2 heterocycles. The molecule has 0 spiro atoms. The standard InChI is InChI=1S/C32H31NO/c1-31(2,3)20-11-14-27-24(17-20)25-18-21(32(4,5)6)12-15-28(25)33(27)22-13-16-30-26(19-22)23-9-7-8-10-29(23)34-30/h7-19H,1-6H3. The van der Waals surface area contributed by atoms with Crippen molar-refractivity contribution in [1.29, 1.82) is 0 Å². The SMILES string of the molecule is CC(C)(C)c1ccc2c(c1)c1cc(C(C)(C)C)ccc1n2-c1ccc2oc3ccccc3c2c1. The number of nitrogens with zero attached hydrogens (tertiary/aromatic N) is 1. The van der Waals surface area contributed by atoms with Gasteiger partial charge in [0.2, 0.25) is 0 Å². The van der Waals surface area contributed by atoms with Crippen molar-refractivity contribution in [2.24, 2.45) is 0 Å². The molecule has 0 unspecified atom stereocenters. The van der Waals surface area contributed by atoms with Crippen LogP contribution in [0.15, 0.2) is 83.3 Å². The Morgan fingerprint density at radius 3 is 1.68 bits per heavy atom. The normalized spacial score (nSPS) is 13.0. The Kier molecular flexibility index (Phi) is 4.33. The molecule has 4 aromatic carbocycles. The summed E-state index contributed by atoms with van der Waals surface area (Å²) in [7, 11) is 0. The molecule has 34 heavy (non-hydrogen) atoms. The van der Waals surface area contributed by atoms with Gasteiger partial charge in [0.1, 0.15) is 11.2 Å². The van der Waals surface area contributed by atoms with E-state index in [1.54, 1.807) is 0 Å². The second-order valence-corrected chi connectivity index (χ2v) is 11.6. The van der Waals surface area contributed by atoms with Crippen LogP contribution in [0.25, 0.3) is 49.4 Å². The van der Waals surface area contributed by atoms with E-state index in [9.17, 15) is 0 Å². The van der Waals surface area contributed by atoms with Crippen LogP contribution in [0.1, 0.15) is 52.7 Å². The number of rotatable bonds is 1. The molecule has 0 radical (unpaired) electrons. The first kappa shape index (κ1) is 21.0. The highest BCUT2D eigenvalue weighted by atomic mass is 16.3. The van der Waals surface area contributed by atoms with Gasteiger partial charge >= 0.3 is 0 Å². The molecule has 0 aliphatic rings. The molecule has 0 fully saturated rings. The van der Waals surface area contributed by atoms with Gasteiger partial charge in [0.25, 0.3) is 0 Å². The zero-order chi connectivity index (χ0) is 23.8. The van der Waals surface area contributed by atoms with Gasteiger partial charge in [0, 0.05) is 27.2 Å². The maximum absolute atomic E-state index is 6.10. The predicted octanol–water partition coefficient (Wildman–Crippen LogP) is 9.28. The van der Waals surface area contributed by atoms with E-state index >= 15 is 0 Å². The van der Waals surface area contributed by atoms with E-state index in [4.69, 9.17) is 4.42 Å². The summed E-state index contributed by atoms with van der Waals surface area (Å²) in [5, 5.41) is 4.93. The second kappa shape index (κ2) is 6.99. The van der Waals surface area contributed by atoms with Gasteiger partial charge in [-0.2, -0.15) is 0 Å². The molecule has 0 atom stereocenters.